The smallest absolute Gasteiger partial charge is 0.184 e. The van der Waals surface area contributed by atoms with Crippen LogP contribution < -0.4 is 0 Å². The molecule has 0 bridgehead atoms. The number of rotatable bonds is 3. The lowest BCUT2D eigenvalue weighted by Crippen LogP contribution is -2.08. The molecule has 0 saturated carbocycles. The van der Waals surface area contributed by atoms with Gasteiger partial charge in [0, 0.05) is 15.6 Å². The van der Waals surface area contributed by atoms with Crippen molar-refractivity contribution in [1.82, 2.24) is 0 Å². The van der Waals surface area contributed by atoms with E-state index in [9.17, 15) is 12.8 Å². The van der Waals surface area contributed by atoms with Gasteiger partial charge in [0.15, 0.2) is 9.84 Å². The summed E-state index contributed by atoms with van der Waals surface area (Å²) >= 11 is 17.7. The quantitative estimate of drug-likeness (QED) is 0.759. The third-order valence-electron chi connectivity index (χ3n) is 2.94. The largest absolute Gasteiger partial charge is 0.223 e. The van der Waals surface area contributed by atoms with Crippen LogP contribution in [0, 0.1) is 12.7 Å². The molecule has 0 radical (unpaired) electrons. The molecule has 2 aromatic carbocycles. The zero-order valence-electron chi connectivity index (χ0n) is 10.8. The highest BCUT2D eigenvalue weighted by molar-refractivity contribution is 7.90. The van der Waals surface area contributed by atoms with Gasteiger partial charge in [-0.15, -0.1) is 0 Å². The van der Waals surface area contributed by atoms with Gasteiger partial charge in [0.05, 0.1) is 15.7 Å². The molecule has 2 rings (SSSR count). The predicted molar refractivity (Wildman–Crippen MR) is 83.5 cm³/mol. The van der Waals surface area contributed by atoms with Crippen LogP contribution in [0.5, 0.6) is 0 Å². The van der Waals surface area contributed by atoms with Crippen LogP contribution >= 0.6 is 34.8 Å². The molecular formula is C14H10Cl3FO2S. The molecule has 21 heavy (non-hydrogen) atoms. The Morgan fingerprint density at radius 3 is 2.33 bits per heavy atom. The third-order valence-corrected chi connectivity index (χ3v) is 5.81. The van der Waals surface area contributed by atoms with Crippen molar-refractivity contribution in [3.05, 3.63) is 62.3 Å². The van der Waals surface area contributed by atoms with E-state index in [0.717, 1.165) is 6.07 Å². The number of aryl methyl sites for hydroxylation is 1. The van der Waals surface area contributed by atoms with Crippen molar-refractivity contribution in [2.75, 3.05) is 0 Å². The molecule has 0 aliphatic heterocycles. The summed E-state index contributed by atoms with van der Waals surface area (Å²) in [6.45, 7) is 1.66. The van der Waals surface area contributed by atoms with E-state index >= 15 is 0 Å². The molecule has 7 heteroatoms. The predicted octanol–water partition coefficient (Wildman–Crippen LogP) is 5.07. The number of hydrogen-bond acceptors (Lipinski definition) is 2. The van der Waals surface area contributed by atoms with E-state index in [-0.39, 0.29) is 20.5 Å². The highest BCUT2D eigenvalue weighted by Gasteiger charge is 2.23. The van der Waals surface area contributed by atoms with Crippen molar-refractivity contribution >= 4 is 44.6 Å². The van der Waals surface area contributed by atoms with Crippen LogP contribution in [-0.4, -0.2) is 8.42 Å². The number of benzene rings is 2. The first kappa shape index (κ1) is 16.6. The summed E-state index contributed by atoms with van der Waals surface area (Å²) in [5.74, 6) is -1.24. The lowest BCUT2D eigenvalue weighted by Gasteiger charge is -2.10. The van der Waals surface area contributed by atoms with Gasteiger partial charge < -0.3 is 0 Å². The minimum absolute atomic E-state index is 0.00179. The molecule has 0 heterocycles. The summed E-state index contributed by atoms with van der Waals surface area (Å²) in [6.07, 6.45) is 0. The average molecular weight is 368 g/mol. The van der Waals surface area contributed by atoms with Crippen LogP contribution in [0.1, 0.15) is 11.1 Å². The van der Waals surface area contributed by atoms with Crippen molar-refractivity contribution in [2.24, 2.45) is 0 Å². The Balaban J connectivity index is 2.51. The van der Waals surface area contributed by atoms with E-state index < -0.39 is 21.4 Å². The maximum Gasteiger partial charge on any atom is 0.184 e. The van der Waals surface area contributed by atoms with Gasteiger partial charge in [-0.3, -0.25) is 0 Å². The van der Waals surface area contributed by atoms with Crippen LogP contribution in [0.25, 0.3) is 0 Å². The van der Waals surface area contributed by atoms with Crippen molar-refractivity contribution in [1.29, 1.82) is 0 Å². The van der Waals surface area contributed by atoms with Gasteiger partial charge >= 0.3 is 0 Å². The van der Waals surface area contributed by atoms with Crippen molar-refractivity contribution in [3.63, 3.8) is 0 Å². The van der Waals surface area contributed by atoms with E-state index in [1.54, 1.807) is 6.92 Å². The van der Waals surface area contributed by atoms with Crippen LogP contribution in [0.4, 0.5) is 4.39 Å². The van der Waals surface area contributed by atoms with Crippen molar-refractivity contribution in [2.45, 2.75) is 17.6 Å². The number of hydrogen-bond donors (Lipinski definition) is 0. The van der Waals surface area contributed by atoms with Gasteiger partial charge in [0.1, 0.15) is 5.82 Å². The topological polar surface area (TPSA) is 34.1 Å². The first-order valence-electron chi connectivity index (χ1n) is 5.83. The standard InChI is InChI=1S/C14H10Cl3FO2S/c1-8-5-14(12(17)6-11(8)16)21(19,20)7-9-10(15)3-2-4-13(9)18/h2-6H,7H2,1H3. The third kappa shape index (κ3) is 3.51. The van der Waals surface area contributed by atoms with Gasteiger partial charge in [-0.25, -0.2) is 12.8 Å². The number of sulfone groups is 1. The van der Waals surface area contributed by atoms with Gasteiger partial charge in [-0.1, -0.05) is 40.9 Å². The summed E-state index contributed by atoms with van der Waals surface area (Å²) in [7, 11) is -3.84. The summed E-state index contributed by atoms with van der Waals surface area (Å²) in [5.41, 5.74) is 0.488. The Labute approximate surface area is 137 Å². The van der Waals surface area contributed by atoms with E-state index in [1.807, 2.05) is 0 Å². The Morgan fingerprint density at radius 1 is 1.05 bits per heavy atom. The van der Waals surface area contributed by atoms with Gasteiger partial charge in [0.2, 0.25) is 0 Å². The summed E-state index contributed by atoms with van der Waals surface area (Å²) in [5, 5.41) is 0.418. The zero-order valence-corrected chi connectivity index (χ0v) is 13.9. The van der Waals surface area contributed by atoms with E-state index in [0.29, 0.717) is 10.6 Å². The SMILES string of the molecule is Cc1cc(S(=O)(=O)Cc2c(F)cccc2Cl)c(Cl)cc1Cl. The fourth-order valence-corrected chi connectivity index (χ4v) is 4.39. The minimum Gasteiger partial charge on any atom is -0.223 e. The van der Waals surface area contributed by atoms with E-state index in [4.69, 9.17) is 34.8 Å². The lowest BCUT2D eigenvalue weighted by atomic mass is 10.2. The molecule has 112 valence electrons. The monoisotopic (exact) mass is 366 g/mol. The normalized spacial score (nSPS) is 11.7. The van der Waals surface area contributed by atoms with Crippen LogP contribution in [-0.2, 0) is 15.6 Å². The Bertz CT molecular complexity index is 784. The molecule has 0 aliphatic carbocycles. The molecule has 0 aliphatic rings. The maximum absolute atomic E-state index is 13.7. The van der Waals surface area contributed by atoms with Gasteiger partial charge in [-0.2, -0.15) is 0 Å². The fraction of sp³-hybridized carbons (Fsp3) is 0.143. The molecular weight excluding hydrogens is 358 g/mol. The van der Waals surface area contributed by atoms with Crippen LogP contribution in [0.15, 0.2) is 35.2 Å². The molecule has 0 aromatic heterocycles. The molecule has 2 aromatic rings. The van der Waals surface area contributed by atoms with Gasteiger partial charge in [-0.05, 0) is 36.8 Å². The Hall–Kier alpha value is -0.810. The first-order valence-corrected chi connectivity index (χ1v) is 8.62. The highest BCUT2D eigenvalue weighted by Crippen LogP contribution is 2.31. The van der Waals surface area contributed by atoms with Crippen LogP contribution in [0.3, 0.4) is 0 Å². The second kappa shape index (κ2) is 6.13. The summed E-state index contributed by atoms with van der Waals surface area (Å²) in [4.78, 5) is -0.0922. The molecule has 0 unspecified atom stereocenters. The second-order valence-corrected chi connectivity index (χ2v) is 7.67. The van der Waals surface area contributed by atoms with Crippen molar-refractivity contribution in [3.8, 4) is 0 Å². The average Bonchev–Trinajstić information content (AvgIpc) is 2.38. The first-order chi connectivity index (χ1) is 9.72. The zero-order chi connectivity index (χ0) is 15.8. The summed E-state index contributed by atoms with van der Waals surface area (Å²) < 4.78 is 38.6. The molecule has 0 N–H and O–H groups in total. The minimum atomic E-state index is -3.84. The second-order valence-electron chi connectivity index (χ2n) is 4.49. The summed E-state index contributed by atoms with van der Waals surface area (Å²) in [6, 6.07) is 6.73. The molecule has 0 atom stereocenters. The van der Waals surface area contributed by atoms with Crippen LogP contribution in [0.2, 0.25) is 15.1 Å². The molecule has 0 fully saturated rings. The van der Waals surface area contributed by atoms with E-state index in [1.165, 1.54) is 24.3 Å². The van der Waals surface area contributed by atoms with E-state index in [2.05, 4.69) is 0 Å². The fourth-order valence-electron chi connectivity index (χ4n) is 1.81. The maximum atomic E-state index is 13.7. The Morgan fingerprint density at radius 2 is 1.71 bits per heavy atom. The molecule has 0 spiro atoms. The molecule has 2 nitrogen and oxygen atoms in total. The number of halogens is 4. The lowest BCUT2D eigenvalue weighted by molar-refractivity contribution is 0.587. The van der Waals surface area contributed by atoms with Crippen molar-refractivity contribution < 1.29 is 12.8 Å². The van der Waals surface area contributed by atoms with Gasteiger partial charge in [0.25, 0.3) is 0 Å². The molecule has 0 saturated heterocycles. The molecule has 0 amide bonds. The highest BCUT2D eigenvalue weighted by atomic mass is 35.5. The Kier molecular flexibility index (Phi) is 4.83.